The lowest BCUT2D eigenvalue weighted by Gasteiger charge is -2.16. The van der Waals surface area contributed by atoms with Crippen LogP contribution in [0.1, 0.15) is 12.8 Å². The number of pyridine rings is 1. The van der Waals surface area contributed by atoms with Gasteiger partial charge in [-0.2, -0.15) is 5.10 Å². The van der Waals surface area contributed by atoms with Crippen LogP contribution >= 0.6 is 0 Å². The highest BCUT2D eigenvalue weighted by molar-refractivity contribution is 5.99. The molecule has 0 radical (unpaired) electrons. The molecule has 0 bridgehead atoms. The monoisotopic (exact) mass is 286 g/mol. The van der Waals surface area contributed by atoms with Crippen molar-refractivity contribution in [2.75, 3.05) is 28.6 Å². The largest absolute Gasteiger partial charge is 0.357 e. The number of rotatable bonds is 3. The fourth-order valence-electron chi connectivity index (χ4n) is 2.37. The Morgan fingerprint density at radius 1 is 1.14 bits per heavy atom. The molecular formula is C14H18N6O. The molecule has 1 aliphatic heterocycles. The van der Waals surface area contributed by atoms with Gasteiger partial charge in [-0.05, 0) is 25.0 Å². The van der Waals surface area contributed by atoms with Crippen molar-refractivity contribution in [2.24, 2.45) is 7.05 Å². The van der Waals surface area contributed by atoms with Crippen LogP contribution < -0.4 is 15.5 Å². The van der Waals surface area contributed by atoms with Crippen molar-refractivity contribution in [1.29, 1.82) is 0 Å². The minimum atomic E-state index is -0.307. The molecule has 2 amide bonds. The highest BCUT2D eigenvalue weighted by Crippen LogP contribution is 2.19. The first-order chi connectivity index (χ1) is 10.2. The summed E-state index contributed by atoms with van der Waals surface area (Å²) in [5.74, 6) is 0.964. The number of urea groups is 1. The van der Waals surface area contributed by atoms with Crippen molar-refractivity contribution in [3.05, 3.63) is 30.7 Å². The Balaban J connectivity index is 1.58. The highest BCUT2D eigenvalue weighted by atomic mass is 16.2. The lowest BCUT2D eigenvalue weighted by Crippen LogP contribution is -2.20. The molecule has 0 aromatic carbocycles. The number of carbonyl (C=O) groups excluding carboxylic acids is 1. The molecular weight excluding hydrogens is 268 g/mol. The summed E-state index contributed by atoms with van der Waals surface area (Å²) >= 11 is 0. The van der Waals surface area contributed by atoms with E-state index in [0.717, 1.165) is 18.9 Å². The number of hydrogen-bond donors (Lipinski definition) is 2. The molecule has 1 fully saturated rings. The van der Waals surface area contributed by atoms with Gasteiger partial charge in [-0.3, -0.25) is 4.68 Å². The van der Waals surface area contributed by atoms with E-state index in [0.29, 0.717) is 11.4 Å². The van der Waals surface area contributed by atoms with E-state index in [2.05, 4.69) is 25.6 Å². The lowest BCUT2D eigenvalue weighted by atomic mass is 10.4. The van der Waals surface area contributed by atoms with Crippen LogP contribution in [0.3, 0.4) is 0 Å². The van der Waals surface area contributed by atoms with Crippen LogP contribution in [0.4, 0.5) is 22.0 Å². The SMILES string of the molecule is Cn1cc(NC(=O)Nc2ccc(N3CCCC3)nc2)cn1. The molecule has 3 heterocycles. The van der Waals surface area contributed by atoms with Gasteiger partial charge < -0.3 is 15.5 Å². The van der Waals surface area contributed by atoms with E-state index in [4.69, 9.17) is 0 Å². The van der Waals surface area contributed by atoms with E-state index in [9.17, 15) is 4.79 Å². The Labute approximate surface area is 123 Å². The number of amides is 2. The molecule has 3 rings (SSSR count). The molecule has 21 heavy (non-hydrogen) atoms. The van der Waals surface area contributed by atoms with Crippen LogP contribution in [0.5, 0.6) is 0 Å². The second kappa shape index (κ2) is 5.82. The summed E-state index contributed by atoms with van der Waals surface area (Å²) in [6.45, 7) is 2.11. The average Bonchev–Trinajstić information content (AvgIpc) is 3.11. The number of nitrogens with zero attached hydrogens (tertiary/aromatic N) is 4. The molecule has 2 aromatic heterocycles. The third-order valence-corrected chi connectivity index (χ3v) is 3.40. The standard InChI is InChI=1S/C14H18N6O/c1-19-10-12(9-16-19)18-14(21)17-11-4-5-13(15-8-11)20-6-2-3-7-20/h4-5,8-10H,2-3,6-7H2,1H3,(H2,17,18,21). The molecule has 2 aromatic rings. The normalized spacial score (nSPS) is 14.2. The summed E-state index contributed by atoms with van der Waals surface area (Å²) in [7, 11) is 1.80. The molecule has 7 nitrogen and oxygen atoms in total. The maximum absolute atomic E-state index is 11.8. The summed E-state index contributed by atoms with van der Waals surface area (Å²) < 4.78 is 1.63. The second-order valence-electron chi connectivity index (χ2n) is 5.08. The molecule has 2 N–H and O–H groups in total. The minimum absolute atomic E-state index is 0.307. The van der Waals surface area contributed by atoms with Crippen LogP contribution in [-0.4, -0.2) is 33.9 Å². The van der Waals surface area contributed by atoms with E-state index in [1.807, 2.05) is 12.1 Å². The zero-order chi connectivity index (χ0) is 14.7. The number of anilines is 3. The third kappa shape index (κ3) is 3.31. The Bertz CT molecular complexity index is 615. The first-order valence-electron chi connectivity index (χ1n) is 6.98. The van der Waals surface area contributed by atoms with Crippen molar-refractivity contribution in [3.8, 4) is 0 Å². The summed E-state index contributed by atoms with van der Waals surface area (Å²) in [5.41, 5.74) is 1.32. The molecule has 1 aliphatic rings. The Kier molecular flexibility index (Phi) is 3.72. The number of hydrogen-bond acceptors (Lipinski definition) is 4. The molecule has 0 aliphatic carbocycles. The number of aryl methyl sites for hydroxylation is 1. The average molecular weight is 286 g/mol. The zero-order valence-electron chi connectivity index (χ0n) is 11.9. The maximum atomic E-state index is 11.8. The zero-order valence-corrected chi connectivity index (χ0v) is 11.9. The second-order valence-corrected chi connectivity index (χ2v) is 5.08. The van der Waals surface area contributed by atoms with Gasteiger partial charge in [-0.25, -0.2) is 9.78 Å². The maximum Gasteiger partial charge on any atom is 0.323 e. The van der Waals surface area contributed by atoms with E-state index < -0.39 is 0 Å². The van der Waals surface area contributed by atoms with Gasteiger partial charge in [0.05, 0.1) is 23.8 Å². The fraction of sp³-hybridized carbons (Fsp3) is 0.357. The first-order valence-corrected chi connectivity index (χ1v) is 6.98. The molecule has 110 valence electrons. The lowest BCUT2D eigenvalue weighted by molar-refractivity contribution is 0.262. The van der Waals surface area contributed by atoms with Gasteiger partial charge in [0, 0.05) is 26.3 Å². The Morgan fingerprint density at radius 3 is 2.52 bits per heavy atom. The number of aromatic nitrogens is 3. The quantitative estimate of drug-likeness (QED) is 0.905. The number of nitrogens with one attached hydrogen (secondary N) is 2. The molecule has 0 saturated carbocycles. The topological polar surface area (TPSA) is 75.1 Å². The van der Waals surface area contributed by atoms with Gasteiger partial charge in [-0.1, -0.05) is 0 Å². The van der Waals surface area contributed by atoms with Crippen LogP contribution in [0.2, 0.25) is 0 Å². The first kappa shape index (κ1) is 13.4. The highest BCUT2D eigenvalue weighted by Gasteiger charge is 2.13. The molecule has 1 saturated heterocycles. The third-order valence-electron chi connectivity index (χ3n) is 3.40. The summed E-state index contributed by atoms with van der Waals surface area (Å²) in [5, 5.41) is 9.45. The van der Waals surface area contributed by atoms with Crippen molar-refractivity contribution in [1.82, 2.24) is 14.8 Å². The fourth-order valence-corrected chi connectivity index (χ4v) is 2.37. The van der Waals surface area contributed by atoms with Gasteiger partial charge in [0.2, 0.25) is 0 Å². The Morgan fingerprint density at radius 2 is 1.90 bits per heavy atom. The van der Waals surface area contributed by atoms with Crippen LogP contribution in [0.25, 0.3) is 0 Å². The van der Waals surface area contributed by atoms with E-state index >= 15 is 0 Å². The summed E-state index contributed by atoms with van der Waals surface area (Å²) in [6.07, 6.45) is 7.43. The molecule has 0 unspecified atom stereocenters. The Hall–Kier alpha value is -2.57. The minimum Gasteiger partial charge on any atom is -0.357 e. The summed E-state index contributed by atoms with van der Waals surface area (Å²) in [6, 6.07) is 3.49. The predicted octanol–water partition coefficient (Wildman–Crippen LogP) is 2.06. The van der Waals surface area contributed by atoms with Crippen molar-refractivity contribution >= 4 is 23.2 Å². The molecule has 0 atom stereocenters. The van der Waals surface area contributed by atoms with Gasteiger partial charge in [0.15, 0.2) is 0 Å². The molecule has 0 spiro atoms. The van der Waals surface area contributed by atoms with Crippen LogP contribution in [0, 0.1) is 0 Å². The van der Waals surface area contributed by atoms with Crippen molar-refractivity contribution < 1.29 is 4.79 Å². The van der Waals surface area contributed by atoms with Crippen molar-refractivity contribution in [3.63, 3.8) is 0 Å². The number of carbonyl (C=O) groups is 1. The smallest absolute Gasteiger partial charge is 0.323 e. The molecule has 7 heteroatoms. The summed E-state index contributed by atoms with van der Waals surface area (Å²) in [4.78, 5) is 18.5. The predicted molar refractivity (Wildman–Crippen MR) is 81.5 cm³/mol. The van der Waals surface area contributed by atoms with Gasteiger partial charge in [0.1, 0.15) is 5.82 Å². The van der Waals surface area contributed by atoms with Crippen molar-refractivity contribution in [2.45, 2.75) is 12.8 Å². The van der Waals surface area contributed by atoms with E-state index in [1.54, 1.807) is 30.3 Å². The van der Waals surface area contributed by atoms with Crippen LogP contribution in [0.15, 0.2) is 30.7 Å². The van der Waals surface area contributed by atoms with E-state index in [-0.39, 0.29) is 6.03 Å². The van der Waals surface area contributed by atoms with Crippen LogP contribution in [-0.2, 0) is 7.05 Å². The van der Waals surface area contributed by atoms with Gasteiger partial charge >= 0.3 is 6.03 Å². The van der Waals surface area contributed by atoms with Gasteiger partial charge in [-0.15, -0.1) is 0 Å². The van der Waals surface area contributed by atoms with E-state index in [1.165, 1.54) is 12.8 Å². The van der Waals surface area contributed by atoms with Gasteiger partial charge in [0.25, 0.3) is 0 Å².